The highest BCUT2D eigenvalue weighted by Crippen LogP contribution is 2.38. The van der Waals surface area contributed by atoms with Crippen molar-refractivity contribution < 1.29 is 9.47 Å². The normalized spacial score (nSPS) is 13.6. The standard InChI is InChI=1S/C17H18BrNO2/c1-12-5-2-3-6-15(12)19-11-13-9-14(18)17-16(10-13)20-7-4-8-21-17/h2-3,5-6,9-10,19H,4,7-8,11H2,1H3. The van der Waals surface area contributed by atoms with Crippen LogP contribution in [0.5, 0.6) is 11.5 Å². The van der Waals surface area contributed by atoms with E-state index >= 15 is 0 Å². The van der Waals surface area contributed by atoms with Crippen LogP contribution in [-0.4, -0.2) is 13.2 Å². The van der Waals surface area contributed by atoms with E-state index in [1.807, 2.05) is 12.1 Å². The summed E-state index contributed by atoms with van der Waals surface area (Å²) in [4.78, 5) is 0. The number of hydrogen-bond donors (Lipinski definition) is 1. The molecule has 1 aliphatic heterocycles. The number of benzene rings is 2. The van der Waals surface area contributed by atoms with Crippen LogP contribution in [-0.2, 0) is 6.54 Å². The molecule has 1 heterocycles. The molecule has 0 aromatic heterocycles. The van der Waals surface area contributed by atoms with E-state index in [1.165, 1.54) is 5.56 Å². The van der Waals surface area contributed by atoms with Crippen molar-refractivity contribution >= 4 is 21.6 Å². The number of anilines is 1. The average molecular weight is 348 g/mol. The molecule has 0 saturated heterocycles. The predicted molar refractivity (Wildman–Crippen MR) is 88.3 cm³/mol. The Labute approximate surface area is 133 Å². The predicted octanol–water partition coefficient (Wildman–Crippen LogP) is 4.53. The Morgan fingerprint density at radius 3 is 2.81 bits per heavy atom. The molecule has 1 N–H and O–H groups in total. The number of aryl methyl sites for hydroxylation is 1. The van der Waals surface area contributed by atoms with Crippen LogP contribution in [0, 0.1) is 6.92 Å². The quantitative estimate of drug-likeness (QED) is 0.884. The first-order chi connectivity index (χ1) is 10.2. The fourth-order valence-electron chi connectivity index (χ4n) is 2.35. The van der Waals surface area contributed by atoms with Gasteiger partial charge in [0.2, 0.25) is 0 Å². The van der Waals surface area contributed by atoms with Crippen molar-refractivity contribution in [2.45, 2.75) is 19.9 Å². The topological polar surface area (TPSA) is 30.5 Å². The molecule has 1 aliphatic rings. The fraction of sp³-hybridized carbons (Fsp3) is 0.294. The maximum atomic E-state index is 5.76. The van der Waals surface area contributed by atoms with Crippen LogP contribution in [0.1, 0.15) is 17.5 Å². The molecule has 21 heavy (non-hydrogen) atoms. The highest BCUT2D eigenvalue weighted by molar-refractivity contribution is 9.10. The van der Waals surface area contributed by atoms with Crippen molar-refractivity contribution in [1.29, 1.82) is 0 Å². The van der Waals surface area contributed by atoms with Crippen LogP contribution >= 0.6 is 15.9 Å². The zero-order valence-corrected chi connectivity index (χ0v) is 13.6. The van der Waals surface area contributed by atoms with E-state index in [4.69, 9.17) is 9.47 Å². The van der Waals surface area contributed by atoms with E-state index in [0.717, 1.165) is 40.2 Å². The highest BCUT2D eigenvalue weighted by atomic mass is 79.9. The van der Waals surface area contributed by atoms with E-state index in [-0.39, 0.29) is 0 Å². The minimum absolute atomic E-state index is 0.701. The van der Waals surface area contributed by atoms with Gasteiger partial charge in [-0.1, -0.05) is 18.2 Å². The van der Waals surface area contributed by atoms with Crippen molar-refractivity contribution in [3.8, 4) is 11.5 Å². The molecule has 0 spiro atoms. The van der Waals surface area contributed by atoms with Crippen molar-refractivity contribution in [2.75, 3.05) is 18.5 Å². The van der Waals surface area contributed by atoms with Gasteiger partial charge in [0.1, 0.15) is 0 Å². The maximum Gasteiger partial charge on any atom is 0.175 e. The summed E-state index contributed by atoms with van der Waals surface area (Å²) in [7, 11) is 0. The van der Waals surface area contributed by atoms with Crippen molar-refractivity contribution in [2.24, 2.45) is 0 Å². The summed E-state index contributed by atoms with van der Waals surface area (Å²) in [6, 6.07) is 12.4. The van der Waals surface area contributed by atoms with E-state index < -0.39 is 0 Å². The molecule has 0 radical (unpaired) electrons. The monoisotopic (exact) mass is 347 g/mol. The number of rotatable bonds is 3. The van der Waals surface area contributed by atoms with Gasteiger partial charge in [0.25, 0.3) is 0 Å². The van der Waals surface area contributed by atoms with Gasteiger partial charge < -0.3 is 14.8 Å². The maximum absolute atomic E-state index is 5.76. The Morgan fingerprint density at radius 1 is 1.14 bits per heavy atom. The van der Waals surface area contributed by atoms with Gasteiger partial charge in [-0.3, -0.25) is 0 Å². The third-order valence-electron chi connectivity index (χ3n) is 3.49. The van der Waals surface area contributed by atoms with E-state index in [0.29, 0.717) is 13.2 Å². The molecular formula is C17H18BrNO2. The fourth-order valence-corrected chi connectivity index (χ4v) is 2.96. The first-order valence-corrected chi connectivity index (χ1v) is 7.91. The molecule has 0 unspecified atom stereocenters. The Hall–Kier alpha value is -1.68. The number of fused-ring (bicyclic) bond motifs is 1. The highest BCUT2D eigenvalue weighted by Gasteiger charge is 2.15. The van der Waals surface area contributed by atoms with Gasteiger partial charge in [-0.05, 0) is 52.2 Å². The number of nitrogens with one attached hydrogen (secondary N) is 1. The molecular weight excluding hydrogens is 330 g/mol. The molecule has 0 atom stereocenters. The van der Waals surface area contributed by atoms with Crippen molar-refractivity contribution in [3.05, 3.63) is 52.0 Å². The lowest BCUT2D eigenvalue weighted by atomic mass is 10.1. The Bertz CT molecular complexity index is 643. The second-order valence-corrected chi connectivity index (χ2v) is 5.98. The second-order valence-electron chi connectivity index (χ2n) is 5.12. The Balaban J connectivity index is 1.79. The summed E-state index contributed by atoms with van der Waals surface area (Å²) in [6.07, 6.45) is 0.915. The van der Waals surface area contributed by atoms with Gasteiger partial charge >= 0.3 is 0 Å². The molecule has 4 heteroatoms. The number of para-hydroxylation sites is 1. The SMILES string of the molecule is Cc1ccccc1NCc1cc(Br)c2c(c1)OCCCO2. The third kappa shape index (κ3) is 3.32. The van der Waals surface area contributed by atoms with Crippen molar-refractivity contribution in [3.63, 3.8) is 0 Å². The molecule has 0 fully saturated rings. The summed E-state index contributed by atoms with van der Waals surface area (Å²) in [5.41, 5.74) is 3.56. The summed E-state index contributed by atoms with van der Waals surface area (Å²) in [5, 5.41) is 3.46. The first-order valence-electron chi connectivity index (χ1n) is 7.11. The number of ether oxygens (including phenoxy) is 2. The molecule has 2 aromatic carbocycles. The molecule has 0 saturated carbocycles. The lowest BCUT2D eigenvalue weighted by Gasteiger charge is -2.13. The zero-order chi connectivity index (χ0) is 14.7. The zero-order valence-electron chi connectivity index (χ0n) is 12.0. The smallest absolute Gasteiger partial charge is 0.175 e. The summed E-state index contributed by atoms with van der Waals surface area (Å²) < 4.78 is 12.4. The van der Waals surface area contributed by atoms with E-state index in [9.17, 15) is 0 Å². The first kappa shape index (κ1) is 14.3. The summed E-state index contributed by atoms with van der Waals surface area (Å²) >= 11 is 3.58. The molecule has 3 rings (SSSR count). The van der Waals surface area contributed by atoms with Crippen LogP contribution in [0.2, 0.25) is 0 Å². The van der Waals surface area contributed by atoms with Crippen LogP contribution in [0.15, 0.2) is 40.9 Å². The lowest BCUT2D eigenvalue weighted by molar-refractivity contribution is 0.296. The number of hydrogen-bond acceptors (Lipinski definition) is 3. The summed E-state index contributed by atoms with van der Waals surface area (Å²) in [5.74, 6) is 1.63. The van der Waals surface area contributed by atoms with Crippen LogP contribution in [0.3, 0.4) is 0 Å². The van der Waals surface area contributed by atoms with Gasteiger partial charge in [-0.15, -0.1) is 0 Å². The molecule has 0 amide bonds. The van der Waals surface area contributed by atoms with Crippen LogP contribution in [0.4, 0.5) is 5.69 Å². The minimum Gasteiger partial charge on any atom is -0.490 e. The molecule has 110 valence electrons. The van der Waals surface area contributed by atoms with Gasteiger partial charge in [-0.25, -0.2) is 0 Å². The largest absolute Gasteiger partial charge is 0.490 e. The second kappa shape index (κ2) is 6.39. The minimum atomic E-state index is 0.701. The molecule has 2 aromatic rings. The van der Waals surface area contributed by atoms with Gasteiger partial charge in [0, 0.05) is 18.7 Å². The lowest BCUT2D eigenvalue weighted by Crippen LogP contribution is -2.02. The Morgan fingerprint density at radius 2 is 1.95 bits per heavy atom. The van der Waals surface area contributed by atoms with Gasteiger partial charge in [0.05, 0.1) is 17.7 Å². The van der Waals surface area contributed by atoms with Crippen LogP contribution in [0.25, 0.3) is 0 Å². The molecule has 0 aliphatic carbocycles. The van der Waals surface area contributed by atoms with Gasteiger partial charge in [0.15, 0.2) is 11.5 Å². The van der Waals surface area contributed by atoms with Crippen LogP contribution < -0.4 is 14.8 Å². The third-order valence-corrected chi connectivity index (χ3v) is 4.08. The number of halogens is 1. The average Bonchev–Trinajstić information content (AvgIpc) is 2.72. The molecule has 0 bridgehead atoms. The summed E-state index contributed by atoms with van der Waals surface area (Å²) in [6.45, 7) is 4.26. The van der Waals surface area contributed by atoms with Crippen molar-refractivity contribution in [1.82, 2.24) is 0 Å². The van der Waals surface area contributed by atoms with Gasteiger partial charge in [-0.2, -0.15) is 0 Å². The Kier molecular flexibility index (Phi) is 4.34. The molecule has 3 nitrogen and oxygen atoms in total. The van der Waals surface area contributed by atoms with E-state index in [1.54, 1.807) is 0 Å². The van der Waals surface area contributed by atoms with E-state index in [2.05, 4.69) is 52.4 Å².